The molecule has 0 amide bonds. The number of rotatable bonds is 0. The van der Waals surface area contributed by atoms with Crippen molar-refractivity contribution in [2.45, 2.75) is 58.9 Å². The summed E-state index contributed by atoms with van der Waals surface area (Å²) < 4.78 is 0. The van der Waals surface area contributed by atoms with Crippen molar-refractivity contribution in [1.29, 1.82) is 0 Å². The fraction of sp³-hybridized carbons (Fsp3) is 1.00. The van der Waals surface area contributed by atoms with E-state index in [0.717, 1.165) is 0 Å². The van der Waals surface area contributed by atoms with Crippen molar-refractivity contribution in [3.63, 3.8) is 0 Å². The summed E-state index contributed by atoms with van der Waals surface area (Å²) in [5.74, 6) is 0. The van der Waals surface area contributed by atoms with Crippen molar-refractivity contribution in [1.82, 2.24) is 0 Å². The van der Waals surface area contributed by atoms with Crippen LogP contribution < -0.4 is 0 Å². The maximum atomic E-state index is 2.27. The predicted molar refractivity (Wildman–Crippen MR) is 77.2 cm³/mol. The molecule has 0 aromatic rings. The van der Waals surface area contributed by atoms with Crippen LogP contribution in [-0.2, 0) is 0 Å². The third-order valence-corrected chi connectivity index (χ3v) is 0. The molecule has 0 nitrogen and oxygen atoms in total. The summed E-state index contributed by atoms with van der Waals surface area (Å²) in [4.78, 5) is 0. The molecule has 13 heavy (non-hydrogen) atoms. The van der Waals surface area contributed by atoms with E-state index >= 15 is 0 Å². The van der Waals surface area contributed by atoms with Crippen molar-refractivity contribution in [3.8, 4) is 0 Å². The fourth-order valence-corrected chi connectivity index (χ4v) is 0. The van der Waals surface area contributed by atoms with Gasteiger partial charge < -0.3 is 0 Å². The van der Waals surface area contributed by atoms with E-state index in [1.54, 1.807) is 0 Å². The van der Waals surface area contributed by atoms with Gasteiger partial charge in [0.2, 0.25) is 0 Å². The van der Waals surface area contributed by atoms with Crippen LogP contribution in [0.25, 0.3) is 0 Å². The first-order chi connectivity index (χ1) is 5.20. The van der Waals surface area contributed by atoms with Crippen LogP contribution in [0.15, 0.2) is 0 Å². The zero-order valence-electron chi connectivity index (χ0n) is 11.1. The van der Waals surface area contributed by atoms with E-state index in [1.807, 2.05) is 0 Å². The van der Waals surface area contributed by atoms with Crippen LogP contribution in [0.4, 0.5) is 0 Å². The zero-order valence-corrected chi connectivity index (χ0v) is 16.5. The van der Waals surface area contributed by atoms with E-state index in [4.69, 9.17) is 0 Å². The van der Waals surface area contributed by atoms with Gasteiger partial charge in [-0.25, -0.2) is 0 Å². The standard InChI is InChI=1S/3C3H9Si.GeH/c3*1-4(2)3;/h3*1-3H3;1H. The van der Waals surface area contributed by atoms with Gasteiger partial charge in [-0.1, -0.05) is 58.9 Å². The SMILES string of the molecule is C[Si](C)C.C[Si](C)C.C[Si](C)C.[GeH]. The van der Waals surface area contributed by atoms with Crippen LogP contribution in [0, 0.1) is 0 Å². The molecule has 0 spiro atoms. The molecular formula is C9H28GeSi3. The molecule has 80 valence electrons. The molecule has 0 atom stereocenters. The molecule has 0 aromatic heterocycles. The molecule has 0 unspecified atom stereocenters. The summed E-state index contributed by atoms with van der Waals surface area (Å²) in [6.07, 6.45) is 0. The average Bonchev–Trinajstić information content (AvgIpc) is 1.54. The van der Waals surface area contributed by atoms with Crippen LogP contribution in [0.3, 0.4) is 0 Å². The van der Waals surface area contributed by atoms with Crippen LogP contribution in [-0.4, -0.2) is 44.0 Å². The van der Waals surface area contributed by atoms with Crippen molar-refractivity contribution in [2.75, 3.05) is 0 Å². The monoisotopic (exact) mass is 294 g/mol. The third kappa shape index (κ3) is 1160. The first kappa shape index (κ1) is 23.8. The zero-order chi connectivity index (χ0) is 10.7. The molecule has 0 heterocycles. The Hall–Kier alpha value is 1.19. The van der Waals surface area contributed by atoms with Crippen molar-refractivity contribution < 1.29 is 0 Å². The van der Waals surface area contributed by atoms with Gasteiger partial charge >= 0.3 is 17.6 Å². The minimum atomic E-state index is 0. The predicted octanol–water partition coefficient (Wildman–Crippen LogP) is 3.46. The second-order valence-corrected chi connectivity index (χ2v) is 13.5. The molecule has 0 aliphatic rings. The van der Waals surface area contributed by atoms with Gasteiger partial charge in [0.15, 0.2) is 0 Å². The van der Waals surface area contributed by atoms with Crippen LogP contribution >= 0.6 is 0 Å². The van der Waals surface area contributed by atoms with E-state index in [-0.39, 0.29) is 44.0 Å². The minimum absolute atomic E-state index is 0. The Kier molecular flexibility index (Phi) is 34.5. The first-order valence-corrected chi connectivity index (χ1v) is 13.5. The van der Waals surface area contributed by atoms with E-state index in [1.165, 1.54) is 0 Å². The Labute approximate surface area is 103 Å². The van der Waals surface area contributed by atoms with Crippen molar-refractivity contribution >= 4 is 44.0 Å². The Morgan fingerprint density at radius 2 is 0.385 bits per heavy atom. The normalized spacial score (nSPS) is 8.31. The Bertz CT molecular complexity index is 43.4. The summed E-state index contributed by atoms with van der Waals surface area (Å²) in [5.41, 5.74) is 0. The van der Waals surface area contributed by atoms with E-state index in [2.05, 4.69) is 58.9 Å². The van der Waals surface area contributed by atoms with Gasteiger partial charge in [0.05, 0.1) is 0 Å². The molecule has 0 aliphatic carbocycles. The van der Waals surface area contributed by atoms with Gasteiger partial charge in [0.1, 0.15) is 0 Å². The van der Waals surface area contributed by atoms with E-state index < -0.39 is 0 Å². The van der Waals surface area contributed by atoms with Crippen LogP contribution in [0.2, 0.25) is 58.9 Å². The van der Waals surface area contributed by atoms with Gasteiger partial charge in [-0.15, -0.1) is 0 Å². The number of hydrogen-bond acceptors (Lipinski definition) is 0. The van der Waals surface area contributed by atoms with Gasteiger partial charge in [0.25, 0.3) is 0 Å². The quantitative estimate of drug-likeness (QED) is 0.600. The van der Waals surface area contributed by atoms with E-state index in [9.17, 15) is 0 Å². The molecule has 0 saturated carbocycles. The molecular weight excluding hydrogens is 265 g/mol. The molecule has 0 saturated heterocycles. The van der Waals surface area contributed by atoms with Gasteiger partial charge in [-0.05, 0) is 0 Å². The molecule has 0 bridgehead atoms. The van der Waals surface area contributed by atoms with Crippen molar-refractivity contribution in [2.24, 2.45) is 0 Å². The fourth-order valence-electron chi connectivity index (χ4n) is 0. The summed E-state index contributed by atoms with van der Waals surface area (Å²) in [6, 6.07) is 0. The molecule has 0 aliphatic heterocycles. The third-order valence-electron chi connectivity index (χ3n) is 0. The molecule has 0 fully saturated rings. The Balaban J connectivity index is -0.0000000450. The molecule has 0 aromatic carbocycles. The van der Waals surface area contributed by atoms with Gasteiger partial charge in [0, 0.05) is 26.4 Å². The van der Waals surface area contributed by atoms with E-state index in [0.29, 0.717) is 0 Å². The first-order valence-electron chi connectivity index (χ1n) is 4.50. The summed E-state index contributed by atoms with van der Waals surface area (Å²) in [6.45, 7) is 20.4. The van der Waals surface area contributed by atoms with Gasteiger partial charge in [-0.3, -0.25) is 0 Å². The molecule has 0 N–H and O–H groups in total. The molecule has 0 rings (SSSR count). The second-order valence-electron chi connectivity index (χ2n) is 4.50. The maximum absolute atomic E-state index is 2.27. The summed E-state index contributed by atoms with van der Waals surface area (Å²) in [5, 5.41) is 0. The number of hydrogen-bond donors (Lipinski definition) is 0. The topological polar surface area (TPSA) is 0 Å². The Morgan fingerprint density at radius 3 is 0.385 bits per heavy atom. The van der Waals surface area contributed by atoms with Crippen LogP contribution in [0.5, 0.6) is 0 Å². The summed E-state index contributed by atoms with van der Waals surface area (Å²) in [7, 11) is 0.361. The molecule has 4 heteroatoms. The van der Waals surface area contributed by atoms with Crippen LogP contribution in [0.1, 0.15) is 0 Å². The second kappa shape index (κ2) is 18.9. The molecule has 6 radical (unpaired) electrons. The summed E-state index contributed by atoms with van der Waals surface area (Å²) >= 11 is 0. The average molecular weight is 293 g/mol. The van der Waals surface area contributed by atoms with Gasteiger partial charge in [-0.2, -0.15) is 0 Å². The Morgan fingerprint density at radius 1 is 0.385 bits per heavy atom. The van der Waals surface area contributed by atoms with Crippen molar-refractivity contribution in [3.05, 3.63) is 0 Å².